The average molecular weight is 413 g/mol. The Morgan fingerprint density at radius 1 is 1.07 bits per heavy atom. The van der Waals surface area contributed by atoms with Gasteiger partial charge in [0.2, 0.25) is 0 Å². The van der Waals surface area contributed by atoms with Gasteiger partial charge in [-0.3, -0.25) is 14.5 Å². The number of para-hydroxylation sites is 1. The van der Waals surface area contributed by atoms with Crippen molar-refractivity contribution in [1.29, 1.82) is 0 Å². The van der Waals surface area contributed by atoms with E-state index in [1.807, 2.05) is 30.3 Å². The van der Waals surface area contributed by atoms with E-state index in [1.54, 1.807) is 24.3 Å². The number of thioether (sulfide) groups is 1. The molecule has 7 nitrogen and oxygen atoms in total. The Bertz CT molecular complexity index is 957. The van der Waals surface area contributed by atoms with Gasteiger partial charge in [-0.1, -0.05) is 42.5 Å². The quantitative estimate of drug-likeness (QED) is 0.508. The molecule has 1 saturated heterocycles. The molecular formula is C21H19NO6S. The van der Waals surface area contributed by atoms with Gasteiger partial charge >= 0.3 is 5.97 Å². The van der Waals surface area contributed by atoms with Crippen LogP contribution in [-0.4, -0.2) is 42.8 Å². The van der Waals surface area contributed by atoms with Gasteiger partial charge in [-0.05, 0) is 29.5 Å². The third-order valence-corrected chi connectivity index (χ3v) is 5.04. The fourth-order valence-electron chi connectivity index (χ4n) is 2.70. The van der Waals surface area contributed by atoms with Crippen LogP contribution in [0.2, 0.25) is 0 Å². The molecule has 0 unspecified atom stereocenters. The van der Waals surface area contributed by atoms with E-state index < -0.39 is 5.97 Å². The van der Waals surface area contributed by atoms with Crippen molar-refractivity contribution in [2.45, 2.75) is 6.54 Å². The molecule has 1 heterocycles. The Labute approximate surface area is 172 Å². The number of hydrogen-bond donors (Lipinski definition) is 0. The van der Waals surface area contributed by atoms with Crippen molar-refractivity contribution in [3.8, 4) is 11.5 Å². The highest BCUT2D eigenvalue weighted by atomic mass is 32.2. The van der Waals surface area contributed by atoms with Gasteiger partial charge in [-0.15, -0.1) is 0 Å². The van der Waals surface area contributed by atoms with Crippen LogP contribution in [0.15, 0.2) is 53.4 Å². The molecule has 1 fully saturated rings. The second kappa shape index (κ2) is 9.29. The highest BCUT2D eigenvalue weighted by Gasteiger charge is 2.35. The summed E-state index contributed by atoms with van der Waals surface area (Å²) < 4.78 is 15.4. The molecule has 0 radical (unpaired) electrons. The van der Waals surface area contributed by atoms with Crippen molar-refractivity contribution >= 4 is 35.0 Å². The van der Waals surface area contributed by atoms with Crippen LogP contribution < -0.4 is 9.47 Å². The molecule has 0 N–H and O–H groups in total. The lowest BCUT2D eigenvalue weighted by Gasteiger charge is -2.13. The maximum atomic E-state index is 12.8. The van der Waals surface area contributed by atoms with Crippen LogP contribution in [0.25, 0.3) is 6.08 Å². The largest absolute Gasteiger partial charge is 0.493 e. The van der Waals surface area contributed by atoms with Crippen molar-refractivity contribution in [3.63, 3.8) is 0 Å². The van der Waals surface area contributed by atoms with E-state index >= 15 is 0 Å². The number of amides is 2. The number of rotatable bonds is 7. The Morgan fingerprint density at radius 3 is 2.52 bits per heavy atom. The molecule has 2 aromatic rings. The molecule has 1 aliphatic rings. The van der Waals surface area contributed by atoms with Crippen molar-refractivity contribution in [2.75, 3.05) is 20.8 Å². The summed E-state index contributed by atoms with van der Waals surface area (Å²) in [6.07, 6.45) is 1.56. The van der Waals surface area contributed by atoms with Crippen LogP contribution in [0, 0.1) is 0 Å². The normalized spacial score (nSPS) is 15.0. The first kappa shape index (κ1) is 20.5. The first-order valence-corrected chi connectivity index (χ1v) is 9.51. The summed E-state index contributed by atoms with van der Waals surface area (Å²) in [5, 5.41) is -0.343. The van der Waals surface area contributed by atoms with Gasteiger partial charge in [0.15, 0.2) is 18.1 Å². The highest BCUT2D eigenvalue weighted by molar-refractivity contribution is 8.18. The van der Waals surface area contributed by atoms with E-state index in [0.29, 0.717) is 11.3 Å². The molecule has 29 heavy (non-hydrogen) atoms. The number of carbonyl (C=O) groups excluding carboxylic acids is 3. The molecule has 3 rings (SSSR count). The fraction of sp³-hybridized carbons (Fsp3) is 0.190. The second-order valence-corrected chi connectivity index (χ2v) is 6.99. The van der Waals surface area contributed by atoms with Gasteiger partial charge in [0.1, 0.15) is 0 Å². The van der Waals surface area contributed by atoms with Crippen LogP contribution in [0.3, 0.4) is 0 Å². The number of methoxy groups -OCH3 is 2. The van der Waals surface area contributed by atoms with E-state index in [1.165, 1.54) is 19.1 Å². The standard InChI is InChI=1S/C21H19NO6S/c1-26-16-10-6-9-15(19(16)28-13-18(23)27-2)11-17-20(24)22(21(25)29-17)12-14-7-4-3-5-8-14/h3-11H,12-13H2,1-2H3/b17-11+. The van der Waals surface area contributed by atoms with Crippen LogP contribution in [-0.2, 0) is 20.9 Å². The van der Waals surface area contributed by atoms with E-state index in [2.05, 4.69) is 4.74 Å². The molecule has 0 aliphatic carbocycles. The zero-order valence-corrected chi connectivity index (χ0v) is 16.7. The summed E-state index contributed by atoms with van der Waals surface area (Å²) in [7, 11) is 2.73. The minimum Gasteiger partial charge on any atom is -0.493 e. The zero-order chi connectivity index (χ0) is 20.8. The number of esters is 1. The van der Waals surface area contributed by atoms with Gasteiger partial charge in [0, 0.05) is 5.56 Å². The first-order valence-electron chi connectivity index (χ1n) is 8.69. The molecule has 8 heteroatoms. The Morgan fingerprint density at radius 2 is 1.83 bits per heavy atom. The number of imide groups is 1. The first-order chi connectivity index (χ1) is 14.0. The molecule has 0 saturated carbocycles. The number of benzene rings is 2. The molecule has 0 atom stereocenters. The number of hydrogen-bond acceptors (Lipinski definition) is 7. The zero-order valence-electron chi connectivity index (χ0n) is 15.9. The smallest absolute Gasteiger partial charge is 0.343 e. The van der Waals surface area contributed by atoms with Gasteiger partial charge in [0.05, 0.1) is 25.7 Å². The van der Waals surface area contributed by atoms with Crippen molar-refractivity contribution in [1.82, 2.24) is 4.90 Å². The highest BCUT2D eigenvalue weighted by Crippen LogP contribution is 2.37. The van der Waals surface area contributed by atoms with Crippen molar-refractivity contribution in [3.05, 3.63) is 64.6 Å². The van der Waals surface area contributed by atoms with Gasteiger partial charge in [-0.25, -0.2) is 4.79 Å². The number of ether oxygens (including phenoxy) is 3. The minimum atomic E-state index is -0.551. The Kier molecular flexibility index (Phi) is 6.56. The van der Waals surface area contributed by atoms with E-state index in [4.69, 9.17) is 9.47 Å². The van der Waals surface area contributed by atoms with E-state index in [0.717, 1.165) is 17.3 Å². The second-order valence-electron chi connectivity index (χ2n) is 6.00. The summed E-state index contributed by atoms with van der Waals surface area (Å²) in [4.78, 5) is 38.0. The molecule has 150 valence electrons. The van der Waals surface area contributed by atoms with Crippen LogP contribution in [0.1, 0.15) is 11.1 Å². The summed E-state index contributed by atoms with van der Waals surface area (Å²) in [6.45, 7) is -0.111. The van der Waals surface area contributed by atoms with E-state index in [-0.39, 0.29) is 35.0 Å². The van der Waals surface area contributed by atoms with E-state index in [9.17, 15) is 14.4 Å². The topological polar surface area (TPSA) is 82.1 Å². The summed E-state index contributed by atoms with van der Waals surface area (Å²) in [6, 6.07) is 14.4. The summed E-state index contributed by atoms with van der Waals surface area (Å²) >= 11 is 0.857. The number of carbonyl (C=O) groups is 3. The lowest BCUT2D eigenvalue weighted by Crippen LogP contribution is -2.27. The summed E-state index contributed by atoms with van der Waals surface area (Å²) in [5.41, 5.74) is 1.37. The maximum absolute atomic E-state index is 12.8. The molecule has 2 amide bonds. The fourth-order valence-corrected chi connectivity index (χ4v) is 3.52. The predicted molar refractivity (Wildman–Crippen MR) is 108 cm³/mol. The molecule has 2 aromatic carbocycles. The van der Waals surface area contributed by atoms with Crippen molar-refractivity contribution in [2.24, 2.45) is 0 Å². The summed E-state index contributed by atoms with van der Waals surface area (Å²) in [5.74, 6) is -0.253. The third kappa shape index (κ3) is 4.78. The SMILES string of the molecule is COC(=O)COc1c(/C=C2/SC(=O)N(Cc3ccccc3)C2=O)cccc1OC. The van der Waals surface area contributed by atoms with Crippen molar-refractivity contribution < 1.29 is 28.6 Å². The van der Waals surface area contributed by atoms with Gasteiger partial charge < -0.3 is 14.2 Å². The minimum absolute atomic E-state index is 0.201. The molecular weight excluding hydrogens is 394 g/mol. The van der Waals surface area contributed by atoms with Crippen LogP contribution in [0.4, 0.5) is 4.79 Å². The van der Waals surface area contributed by atoms with Gasteiger partial charge in [0.25, 0.3) is 11.1 Å². The Balaban J connectivity index is 1.86. The maximum Gasteiger partial charge on any atom is 0.343 e. The lowest BCUT2D eigenvalue weighted by molar-refractivity contribution is -0.143. The molecule has 0 bridgehead atoms. The number of nitrogens with zero attached hydrogens (tertiary/aromatic N) is 1. The third-order valence-electron chi connectivity index (χ3n) is 4.14. The monoisotopic (exact) mass is 413 g/mol. The molecule has 1 aliphatic heterocycles. The lowest BCUT2D eigenvalue weighted by atomic mass is 10.1. The van der Waals surface area contributed by atoms with Crippen LogP contribution >= 0.6 is 11.8 Å². The van der Waals surface area contributed by atoms with Gasteiger partial charge in [-0.2, -0.15) is 0 Å². The molecule has 0 aromatic heterocycles. The van der Waals surface area contributed by atoms with Crippen LogP contribution in [0.5, 0.6) is 11.5 Å². The average Bonchev–Trinajstić information content (AvgIpc) is 3.00. The molecule has 0 spiro atoms. The Hall–Kier alpha value is -3.26. The predicted octanol–water partition coefficient (Wildman–Crippen LogP) is 3.48.